The Morgan fingerprint density at radius 1 is 1.05 bits per heavy atom. The molecule has 0 aliphatic carbocycles. The highest BCUT2D eigenvalue weighted by atomic mass is 32.2. The molecule has 1 aliphatic heterocycles. The number of rotatable bonds is 2. The molecule has 1 aliphatic rings. The number of hydrogen-bond acceptors (Lipinski definition) is 3. The molecule has 110 valence electrons. The molecule has 1 fully saturated rings. The topological polar surface area (TPSA) is 41.5 Å². The normalized spacial score (nSPS) is 18.0. The van der Waals surface area contributed by atoms with Crippen LogP contribution in [0.5, 0.6) is 0 Å². The van der Waals surface area contributed by atoms with Gasteiger partial charge in [0.1, 0.15) is 11.6 Å². The van der Waals surface area contributed by atoms with Crippen molar-refractivity contribution in [2.24, 2.45) is 4.99 Å². The van der Waals surface area contributed by atoms with Crippen LogP contribution in [0.4, 0.5) is 14.5 Å². The van der Waals surface area contributed by atoms with Crippen molar-refractivity contribution in [3.8, 4) is 0 Å². The number of nitrogens with one attached hydrogen (secondary N) is 1. The van der Waals surface area contributed by atoms with Crippen LogP contribution in [-0.4, -0.2) is 11.1 Å². The number of benzene rings is 2. The molecule has 2 aromatic carbocycles. The maximum atomic E-state index is 13.1. The van der Waals surface area contributed by atoms with Gasteiger partial charge in [0.05, 0.1) is 10.6 Å². The summed E-state index contributed by atoms with van der Waals surface area (Å²) in [5.74, 6) is -1.01. The van der Waals surface area contributed by atoms with E-state index in [0.717, 1.165) is 11.8 Å². The van der Waals surface area contributed by atoms with Gasteiger partial charge in [0.2, 0.25) is 0 Å². The first kappa shape index (κ1) is 14.5. The van der Waals surface area contributed by atoms with E-state index in [9.17, 15) is 13.6 Å². The summed E-state index contributed by atoms with van der Waals surface area (Å²) in [6.45, 7) is 0. The summed E-state index contributed by atoms with van der Waals surface area (Å²) in [6, 6.07) is 11.6. The second-order valence-electron chi connectivity index (χ2n) is 4.51. The predicted molar refractivity (Wildman–Crippen MR) is 83.6 cm³/mol. The molecule has 2 aromatic rings. The van der Waals surface area contributed by atoms with Crippen LogP contribution in [0.25, 0.3) is 6.08 Å². The fourth-order valence-corrected chi connectivity index (χ4v) is 2.70. The van der Waals surface area contributed by atoms with Gasteiger partial charge in [0, 0.05) is 0 Å². The number of carbonyl (C=O) groups is 1. The minimum atomic E-state index is -0.363. The van der Waals surface area contributed by atoms with Gasteiger partial charge in [-0.25, -0.2) is 13.8 Å². The average Bonchev–Trinajstić information content (AvgIpc) is 2.81. The van der Waals surface area contributed by atoms with Crippen molar-refractivity contribution in [3.05, 3.63) is 70.6 Å². The molecule has 3 rings (SSSR count). The van der Waals surface area contributed by atoms with Gasteiger partial charge in [-0.05, 0) is 59.8 Å². The third-order valence-electron chi connectivity index (χ3n) is 2.85. The van der Waals surface area contributed by atoms with Gasteiger partial charge in [-0.1, -0.05) is 12.1 Å². The van der Waals surface area contributed by atoms with Gasteiger partial charge < -0.3 is 5.32 Å². The van der Waals surface area contributed by atoms with E-state index in [1.54, 1.807) is 18.2 Å². The molecule has 1 amide bonds. The van der Waals surface area contributed by atoms with Gasteiger partial charge in [-0.15, -0.1) is 0 Å². The van der Waals surface area contributed by atoms with Crippen molar-refractivity contribution >= 4 is 34.6 Å². The molecular weight excluding hydrogens is 306 g/mol. The zero-order chi connectivity index (χ0) is 15.5. The van der Waals surface area contributed by atoms with E-state index in [-0.39, 0.29) is 17.5 Å². The maximum Gasteiger partial charge on any atom is 0.264 e. The fourth-order valence-electron chi connectivity index (χ4n) is 1.86. The number of hydrogen-bond donors (Lipinski definition) is 1. The lowest BCUT2D eigenvalue weighted by molar-refractivity contribution is -0.115. The lowest BCUT2D eigenvalue weighted by atomic mass is 10.2. The Morgan fingerprint density at radius 2 is 1.82 bits per heavy atom. The largest absolute Gasteiger partial charge is 0.300 e. The number of thioether (sulfide) groups is 1. The van der Waals surface area contributed by atoms with Crippen LogP contribution >= 0.6 is 11.8 Å². The van der Waals surface area contributed by atoms with Crippen LogP contribution in [0.15, 0.2) is 58.4 Å². The standard InChI is InChI=1S/C16H10F2N2OS/c17-11-4-6-13(7-5-11)19-16-20-15(21)14(22-16)9-10-2-1-3-12(18)8-10/h1-9H,(H,19,20,21)/b14-9-. The van der Waals surface area contributed by atoms with Gasteiger partial charge in [0.15, 0.2) is 5.17 Å². The molecule has 1 N–H and O–H groups in total. The highest BCUT2D eigenvalue weighted by molar-refractivity contribution is 8.18. The number of aliphatic imine (C=N–C) groups is 1. The first-order valence-electron chi connectivity index (χ1n) is 6.41. The van der Waals surface area contributed by atoms with E-state index >= 15 is 0 Å². The molecule has 0 unspecified atom stereocenters. The van der Waals surface area contributed by atoms with Crippen molar-refractivity contribution in [2.45, 2.75) is 0 Å². The summed E-state index contributed by atoms with van der Waals surface area (Å²) in [5.41, 5.74) is 1.14. The fraction of sp³-hybridized carbons (Fsp3) is 0. The van der Waals surface area contributed by atoms with Crippen molar-refractivity contribution < 1.29 is 13.6 Å². The second-order valence-corrected chi connectivity index (χ2v) is 5.54. The summed E-state index contributed by atoms with van der Waals surface area (Å²) in [7, 11) is 0. The second kappa shape index (κ2) is 6.11. The summed E-state index contributed by atoms with van der Waals surface area (Å²) >= 11 is 1.15. The first-order chi connectivity index (χ1) is 10.6. The molecule has 0 atom stereocenters. The first-order valence-corrected chi connectivity index (χ1v) is 7.22. The van der Waals surface area contributed by atoms with Gasteiger partial charge in [0.25, 0.3) is 5.91 Å². The number of halogens is 2. The van der Waals surface area contributed by atoms with Crippen LogP contribution in [0.1, 0.15) is 5.56 Å². The van der Waals surface area contributed by atoms with Crippen LogP contribution in [-0.2, 0) is 4.79 Å². The number of nitrogens with zero attached hydrogens (tertiary/aromatic N) is 1. The molecule has 0 aromatic heterocycles. The SMILES string of the molecule is O=C1NC(=Nc2ccc(F)cc2)S/C1=C\c1cccc(F)c1. The highest BCUT2D eigenvalue weighted by Gasteiger charge is 2.23. The lowest BCUT2D eigenvalue weighted by Gasteiger charge is -1.96. The number of amidine groups is 1. The van der Waals surface area contributed by atoms with Crippen molar-refractivity contribution in [1.82, 2.24) is 5.32 Å². The number of carbonyl (C=O) groups excluding carboxylic acids is 1. The van der Waals surface area contributed by atoms with E-state index in [0.29, 0.717) is 21.3 Å². The molecule has 1 saturated heterocycles. The van der Waals surface area contributed by atoms with Crippen LogP contribution in [0, 0.1) is 11.6 Å². The van der Waals surface area contributed by atoms with Gasteiger partial charge >= 0.3 is 0 Å². The molecule has 0 spiro atoms. The summed E-state index contributed by atoms with van der Waals surface area (Å²) in [5, 5.41) is 3.02. The minimum Gasteiger partial charge on any atom is -0.300 e. The molecule has 1 heterocycles. The van der Waals surface area contributed by atoms with E-state index in [4.69, 9.17) is 0 Å². The average molecular weight is 316 g/mol. The lowest BCUT2D eigenvalue weighted by Crippen LogP contribution is -2.19. The van der Waals surface area contributed by atoms with Crippen molar-refractivity contribution in [3.63, 3.8) is 0 Å². The zero-order valence-corrected chi connectivity index (χ0v) is 12.0. The number of amides is 1. The third kappa shape index (κ3) is 3.40. The molecule has 0 radical (unpaired) electrons. The van der Waals surface area contributed by atoms with E-state index < -0.39 is 0 Å². The Hall–Kier alpha value is -2.47. The van der Waals surface area contributed by atoms with Crippen LogP contribution in [0.2, 0.25) is 0 Å². The monoisotopic (exact) mass is 316 g/mol. The van der Waals surface area contributed by atoms with E-state index in [1.165, 1.54) is 36.4 Å². The maximum absolute atomic E-state index is 13.1. The molecule has 3 nitrogen and oxygen atoms in total. The van der Waals surface area contributed by atoms with Crippen molar-refractivity contribution in [1.29, 1.82) is 0 Å². The minimum absolute atomic E-state index is 0.296. The molecule has 6 heteroatoms. The quantitative estimate of drug-likeness (QED) is 0.855. The molecular formula is C16H10F2N2OS. The van der Waals surface area contributed by atoms with Crippen molar-refractivity contribution in [2.75, 3.05) is 0 Å². The Labute approximate surface area is 129 Å². The highest BCUT2D eigenvalue weighted by Crippen LogP contribution is 2.28. The summed E-state index contributed by atoms with van der Waals surface area (Å²) in [4.78, 5) is 16.5. The van der Waals surface area contributed by atoms with Crippen LogP contribution in [0.3, 0.4) is 0 Å². The van der Waals surface area contributed by atoms with Crippen LogP contribution < -0.4 is 5.32 Å². The molecule has 0 saturated carbocycles. The predicted octanol–water partition coefficient (Wildman–Crippen LogP) is 3.86. The summed E-state index contributed by atoms with van der Waals surface area (Å²) < 4.78 is 26.0. The van der Waals surface area contributed by atoms with Gasteiger partial charge in [-0.3, -0.25) is 4.79 Å². The van der Waals surface area contributed by atoms with E-state index in [1.807, 2.05) is 0 Å². The Bertz CT molecular complexity index is 785. The Balaban J connectivity index is 1.82. The Kier molecular flexibility index (Phi) is 4.02. The summed E-state index contributed by atoms with van der Waals surface area (Å²) in [6.07, 6.45) is 1.59. The molecule has 22 heavy (non-hydrogen) atoms. The zero-order valence-electron chi connectivity index (χ0n) is 11.2. The van der Waals surface area contributed by atoms with E-state index in [2.05, 4.69) is 10.3 Å². The Morgan fingerprint density at radius 3 is 2.55 bits per heavy atom. The van der Waals surface area contributed by atoms with Gasteiger partial charge in [-0.2, -0.15) is 0 Å². The molecule has 0 bridgehead atoms. The smallest absolute Gasteiger partial charge is 0.264 e. The third-order valence-corrected chi connectivity index (χ3v) is 3.76.